The van der Waals surface area contributed by atoms with Gasteiger partial charge in [0.05, 0.1) is 0 Å². The van der Waals surface area contributed by atoms with Gasteiger partial charge >= 0.3 is 0 Å². The maximum atomic E-state index is 12.0. The van der Waals surface area contributed by atoms with Gasteiger partial charge in [-0.25, -0.2) is 0 Å². The van der Waals surface area contributed by atoms with Crippen molar-refractivity contribution >= 4 is 39.1 Å². The van der Waals surface area contributed by atoms with Gasteiger partial charge in [-0.15, -0.1) is 0 Å². The molecule has 1 amide bonds. The number of alkyl halides is 1. The number of hydrogen-bond acceptors (Lipinski definition) is 1. The van der Waals surface area contributed by atoms with Gasteiger partial charge in [0, 0.05) is 21.6 Å². The molecule has 18 heavy (non-hydrogen) atoms. The quantitative estimate of drug-likeness (QED) is 0.828. The molecule has 0 fully saturated rings. The Balaban J connectivity index is 2.21. The van der Waals surface area contributed by atoms with Crippen LogP contribution in [0.2, 0.25) is 5.02 Å². The first-order chi connectivity index (χ1) is 8.70. The highest BCUT2D eigenvalue weighted by Gasteiger charge is 2.08. The summed E-state index contributed by atoms with van der Waals surface area (Å²) in [4.78, 5) is 12.0. The van der Waals surface area contributed by atoms with Crippen molar-refractivity contribution < 1.29 is 4.79 Å². The number of benzene rings is 2. The number of rotatable bonds is 3. The highest BCUT2D eigenvalue weighted by atomic mass is 79.9. The van der Waals surface area contributed by atoms with E-state index in [1.54, 1.807) is 24.3 Å². The molecule has 0 aliphatic carbocycles. The Morgan fingerprint density at radius 1 is 1.17 bits per heavy atom. The number of halogens is 2. The summed E-state index contributed by atoms with van der Waals surface area (Å²) < 4.78 is 0. The van der Waals surface area contributed by atoms with Gasteiger partial charge in [-0.2, -0.15) is 0 Å². The molecule has 2 nitrogen and oxygen atoms in total. The van der Waals surface area contributed by atoms with Crippen LogP contribution in [-0.4, -0.2) is 5.91 Å². The number of amides is 1. The lowest BCUT2D eigenvalue weighted by Crippen LogP contribution is -2.12. The van der Waals surface area contributed by atoms with Crippen LogP contribution in [0.1, 0.15) is 15.9 Å². The van der Waals surface area contributed by atoms with E-state index < -0.39 is 0 Å². The summed E-state index contributed by atoms with van der Waals surface area (Å²) in [5.41, 5.74) is 2.39. The Morgan fingerprint density at radius 2 is 1.94 bits per heavy atom. The van der Waals surface area contributed by atoms with Crippen molar-refractivity contribution in [3.8, 4) is 0 Å². The lowest BCUT2D eigenvalue weighted by atomic mass is 10.1. The fourth-order valence-electron chi connectivity index (χ4n) is 1.58. The van der Waals surface area contributed by atoms with E-state index in [1.807, 2.05) is 24.3 Å². The minimum absolute atomic E-state index is 0.161. The Labute approximate surface area is 119 Å². The standard InChI is InChI=1S/C14H11BrClNO/c15-9-11-4-1-2-7-13(11)17-14(18)10-5-3-6-12(16)8-10/h1-8H,9H2,(H,17,18). The highest BCUT2D eigenvalue weighted by Crippen LogP contribution is 2.19. The third-order valence-corrected chi connectivity index (χ3v) is 3.34. The molecule has 2 rings (SSSR count). The van der Waals surface area contributed by atoms with E-state index in [0.29, 0.717) is 15.9 Å². The van der Waals surface area contributed by atoms with Gasteiger partial charge in [-0.1, -0.05) is 51.8 Å². The largest absolute Gasteiger partial charge is 0.322 e. The molecule has 0 atom stereocenters. The van der Waals surface area contributed by atoms with Crippen LogP contribution in [0.5, 0.6) is 0 Å². The van der Waals surface area contributed by atoms with Gasteiger partial charge in [0.1, 0.15) is 0 Å². The molecule has 1 N–H and O–H groups in total. The third-order valence-electron chi connectivity index (χ3n) is 2.50. The molecular weight excluding hydrogens is 314 g/mol. The van der Waals surface area contributed by atoms with E-state index >= 15 is 0 Å². The zero-order valence-corrected chi connectivity index (χ0v) is 11.8. The zero-order valence-electron chi connectivity index (χ0n) is 9.49. The number of carbonyl (C=O) groups excluding carboxylic acids is 1. The Kier molecular flexibility index (Phi) is 4.39. The maximum Gasteiger partial charge on any atom is 0.255 e. The molecule has 0 saturated carbocycles. The first-order valence-electron chi connectivity index (χ1n) is 5.41. The number of para-hydroxylation sites is 1. The topological polar surface area (TPSA) is 29.1 Å². The zero-order chi connectivity index (χ0) is 13.0. The van der Waals surface area contributed by atoms with Gasteiger partial charge < -0.3 is 5.32 Å². The van der Waals surface area contributed by atoms with Gasteiger partial charge in [-0.3, -0.25) is 4.79 Å². The summed E-state index contributed by atoms with van der Waals surface area (Å²) in [6.45, 7) is 0. The maximum absolute atomic E-state index is 12.0. The van der Waals surface area contributed by atoms with E-state index in [-0.39, 0.29) is 5.91 Å². The predicted octanol–water partition coefficient (Wildman–Crippen LogP) is 4.49. The van der Waals surface area contributed by atoms with Gasteiger partial charge in [0.2, 0.25) is 0 Å². The number of anilines is 1. The fraction of sp³-hybridized carbons (Fsp3) is 0.0714. The van der Waals surface area contributed by atoms with Crippen molar-refractivity contribution in [3.05, 3.63) is 64.7 Å². The summed E-state index contributed by atoms with van der Waals surface area (Å²) >= 11 is 9.26. The van der Waals surface area contributed by atoms with Crippen LogP contribution in [0.25, 0.3) is 0 Å². The molecule has 0 aliphatic rings. The SMILES string of the molecule is O=C(Nc1ccccc1CBr)c1cccc(Cl)c1. The molecule has 0 aliphatic heterocycles. The number of carbonyl (C=O) groups is 1. The second kappa shape index (κ2) is 6.03. The minimum atomic E-state index is -0.161. The molecular formula is C14H11BrClNO. The normalized spacial score (nSPS) is 10.1. The van der Waals surface area contributed by atoms with Gasteiger partial charge in [0.25, 0.3) is 5.91 Å². The smallest absolute Gasteiger partial charge is 0.255 e. The van der Waals surface area contributed by atoms with E-state index in [2.05, 4.69) is 21.2 Å². The van der Waals surface area contributed by atoms with Crippen molar-refractivity contribution in [1.82, 2.24) is 0 Å². The van der Waals surface area contributed by atoms with E-state index in [0.717, 1.165) is 11.3 Å². The molecule has 0 heterocycles. The third kappa shape index (κ3) is 3.12. The van der Waals surface area contributed by atoms with Crippen LogP contribution >= 0.6 is 27.5 Å². The first-order valence-corrected chi connectivity index (χ1v) is 6.91. The average Bonchev–Trinajstić information content (AvgIpc) is 2.39. The monoisotopic (exact) mass is 323 g/mol. The lowest BCUT2D eigenvalue weighted by Gasteiger charge is -2.09. The van der Waals surface area contributed by atoms with E-state index in [4.69, 9.17) is 11.6 Å². The molecule has 0 bridgehead atoms. The van der Waals surface area contributed by atoms with Crippen LogP contribution < -0.4 is 5.32 Å². The summed E-state index contributed by atoms with van der Waals surface area (Å²) in [6.07, 6.45) is 0. The summed E-state index contributed by atoms with van der Waals surface area (Å²) in [5.74, 6) is -0.161. The second-order valence-corrected chi connectivity index (χ2v) is 4.75. The van der Waals surface area contributed by atoms with Crippen LogP contribution in [0.3, 0.4) is 0 Å². The summed E-state index contributed by atoms with van der Waals surface area (Å²) in [7, 11) is 0. The van der Waals surface area contributed by atoms with Gasteiger partial charge in [0.15, 0.2) is 0 Å². The Bertz CT molecular complexity index is 571. The van der Waals surface area contributed by atoms with E-state index in [1.165, 1.54) is 0 Å². The molecule has 4 heteroatoms. The second-order valence-electron chi connectivity index (χ2n) is 3.76. The lowest BCUT2D eigenvalue weighted by molar-refractivity contribution is 0.102. The molecule has 0 unspecified atom stereocenters. The van der Waals surface area contributed by atoms with Crippen molar-refractivity contribution in [2.45, 2.75) is 5.33 Å². The summed E-state index contributed by atoms with van der Waals surface area (Å²) in [6, 6.07) is 14.5. The van der Waals surface area contributed by atoms with Crippen molar-refractivity contribution in [1.29, 1.82) is 0 Å². The fourth-order valence-corrected chi connectivity index (χ4v) is 2.26. The Morgan fingerprint density at radius 3 is 2.67 bits per heavy atom. The molecule has 0 saturated heterocycles. The molecule has 0 aromatic heterocycles. The van der Waals surface area contributed by atoms with Crippen LogP contribution in [0.15, 0.2) is 48.5 Å². The van der Waals surface area contributed by atoms with Gasteiger partial charge in [-0.05, 0) is 29.8 Å². The molecule has 2 aromatic carbocycles. The average molecular weight is 325 g/mol. The highest BCUT2D eigenvalue weighted by molar-refractivity contribution is 9.08. The molecule has 2 aromatic rings. The predicted molar refractivity (Wildman–Crippen MR) is 78.5 cm³/mol. The van der Waals surface area contributed by atoms with Crippen LogP contribution in [0, 0.1) is 0 Å². The van der Waals surface area contributed by atoms with Crippen LogP contribution in [0.4, 0.5) is 5.69 Å². The minimum Gasteiger partial charge on any atom is -0.322 e. The van der Waals surface area contributed by atoms with Crippen molar-refractivity contribution in [3.63, 3.8) is 0 Å². The van der Waals surface area contributed by atoms with Crippen LogP contribution in [-0.2, 0) is 5.33 Å². The van der Waals surface area contributed by atoms with Crippen molar-refractivity contribution in [2.75, 3.05) is 5.32 Å². The number of hydrogen-bond donors (Lipinski definition) is 1. The summed E-state index contributed by atoms with van der Waals surface area (Å²) in [5, 5.41) is 4.12. The van der Waals surface area contributed by atoms with Crippen molar-refractivity contribution in [2.24, 2.45) is 0 Å². The molecule has 92 valence electrons. The first kappa shape index (κ1) is 13.1. The number of nitrogens with one attached hydrogen (secondary N) is 1. The molecule has 0 radical (unpaired) electrons. The van der Waals surface area contributed by atoms with E-state index in [9.17, 15) is 4.79 Å². The Hall–Kier alpha value is -1.32. The molecule has 0 spiro atoms.